The summed E-state index contributed by atoms with van der Waals surface area (Å²) in [5.41, 5.74) is 2.34. The zero-order valence-corrected chi connectivity index (χ0v) is 18.8. The van der Waals surface area contributed by atoms with Crippen LogP contribution >= 0.6 is 24.0 Å². The van der Waals surface area contributed by atoms with Crippen LogP contribution in [0, 0.1) is 5.41 Å². The van der Waals surface area contributed by atoms with E-state index in [0.717, 1.165) is 43.3 Å². The maximum absolute atomic E-state index is 11.6. The summed E-state index contributed by atoms with van der Waals surface area (Å²) >= 11 is 0. The highest BCUT2D eigenvalue weighted by Crippen LogP contribution is 2.28. The van der Waals surface area contributed by atoms with Crippen LogP contribution in [0.5, 0.6) is 0 Å². The van der Waals surface area contributed by atoms with E-state index >= 15 is 0 Å². The molecule has 146 valence electrons. The van der Waals surface area contributed by atoms with Crippen molar-refractivity contribution in [3.05, 3.63) is 29.8 Å². The number of carbonyl (C=O) groups is 1. The highest BCUT2D eigenvalue weighted by atomic mass is 127. The van der Waals surface area contributed by atoms with Crippen LogP contribution in [-0.2, 0) is 11.3 Å². The Hall–Kier alpha value is -1.31. The second kappa shape index (κ2) is 10.7. The Morgan fingerprint density at radius 3 is 2.46 bits per heavy atom. The zero-order valence-electron chi connectivity index (χ0n) is 16.5. The number of nitrogens with zero attached hydrogens (tertiary/aromatic N) is 2. The Morgan fingerprint density at radius 2 is 1.92 bits per heavy atom. The van der Waals surface area contributed by atoms with Gasteiger partial charge in [-0.05, 0) is 42.9 Å². The maximum Gasteiger partial charge on any atom is 0.224 e. The van der Waals surface area contributed by atoms with Gasteiger partial charge < -0.3 is 15.5 Å². The van der Waals surface area contributed by atoms with Gasteiger partial charge in [-0.1, -0.05) is 32.9 Å². The topological polar surface area (TPSA) is 56.7 Å². The fourth-order valence-corrected chi connectivity index (χ4v) is 3.03. The van der Waals surface area contributed by atoms with Crippen LogP contribution in [0.1, 0.15) is 52.5 Å². The minimum absolute atomic E-state index is 0. The first-order chi connectivity index (χ1) is 11.9. The average molecular weight is 472 g/mol. The van der Waals surface area contributed by atoms with Crippen LogP contribution in [0.4, 0.5) is 5.69 Å². The average Bonchev–Trinajstić information content (AvgIpc) is 2.93. The van der Waals surface area contributed by atoms with Crippen LogP contribution in [0.15, 0.2) is 29.3 Å². The van der Waals surface area contributed by atoms with E-state index in [-0.39, 0.29) is 29.9 Å². The molecule has 0 saturated carbocycles. The van der Waals surface area contributed by atoms with Crippen molar-refractivity contribution in [3.63, 3.8) is 0 Å². The molecule has 0 aliphatic carbocycles. The van der Waals surface area contributed by atoms with Gasteiger partial charge in [0, 0.05) is 31.7 Å². The van der Waals surface area contributed by atoms with E-state index < -0.39 is 0 Å². The lowest BCUT2D eigenvalue weighted by Gasteiger charge is -2.23. The van der Waals surface area contributed by atoms with Crippen molar-refractivity contribution in [2.24, 2.45) is 10.4 Å². The van der Waals surface area contributed by atoms with Gasteiger partial charge in [0.05, 0.1) is 6.54 Å². The number of nitrogens with one attached hydrogen (secondary N) is 2. The number of amides is 1. The number of hydrogen-bond acceptors (Lipinski definition) is 2. The molecule has 6 heteroatoms. The Balaban J connectivity index is 0.00000338. The molecular weight excluding hydrogens is 439 g/mol. The van der Waals surface area contributed by atoms with Gasteiger partial charge in [-0.3, -0.25) is 4.79 Å². The minimum atomic E-state index is 0. The van der Waals surface area contributed by atoms with Crippen LogP contribution in [0.3, 0.4) is 0 Å². The number of carbonyl (C=O) groups excluding carboxylic acids is 1. The fourth-order valence-electron chi connectivity index (χ4n) is 3.03. The van der Waals surface area contributed by atoms with E-state index in [0.29, 0.717) is 18.4 Å². The Labute approximate surface area is 175 Å². The molecule has 0 atom stereocenters. The summed E-state index contributed by atoms with van der Waals surface area (Å²) in [6.45, 7) is 12.3. The predicted molar refractivity (Wildman–Crippen MR) is 120 cm³/mol. The van der Waals surface area contributed by atoms with Crippen molar-refractivity contribution >= 4 is 41.5 Å². The molecule has 1 aliphatic rings. The summed E-state index contributed by atoms with van der Waals surface area (Å²) in [6.07, 6.45) is 2.62. The van der Waals surface area contributed by atoms with E-state index in [1.165, 1.54) is 6.42 Å². The van der Waals surface area contributed by atoms with Crippen molar-refractivity contribution in [1.29, 1.82) is 0 Å². The number of aliphatic imine (C=N–C) groups is 1. The van der Waals surface area contributed by atoms with Crippen LogP contribution in [0.2, 0.25) is 0 Å². The Bertz CT molecular complexity index is 598. The molecule has 1 aliphatic heterocycles. The molecule has 1 aromatic rings. The third kappa shape index (κ3) is 7.13. The standard InChI is InChI=1S/C20H32N4O.HI/c1-5-7-18(25)23-17-10-8-16(9-11-17)14-22-19(21-6-2)24-13-12-20(3,4)15-24;/h8-11H,5-7,12-15H2,1-4H3,(H,21,22)(H,23,25);1H. The summed E-state index contributed by atoms with van der Waals surface area (Å²) in [6, 6.07) is 7.96. The lowest BCUT2D eigenvalue weighted by molar-refractivity contribution is -0.116. The Morgan fingerprint density at radius 1 is 1.23 bits per heavy atom. The summed E-state index contributed by atoms with van der Waals surface area (Å²) in [4.78, 5) is 18.8. The van der Waals surface area contributed by atoms with Crippen molar-refractivity contribution in [1.82, 2.24) is 10.2 Å². The molecule has 0 spiro atoms. The molecule has 0 bridgehead atoms. The lowest BCUT2D eigenvalue weighted by Crippen LogP contribution is -2.40. The molecule has 1 aromatic carbocycles. The van der Waals surface area contributed by atoms with Gasteiger partial charge >= 0.3 is 0 Å². The lowest BCUT2D eigenvalue weighted by atomic mass is 9.93. The Kier molecular flexibility index (Phi) is 9.39. The third-order valence-electron chi connectivity index (χ3n) is 4.44. The van der Waals surface area contributed by atoms with Crippen LogP contribution < -0.4 is 10.6 Å². The second-order valence-electron chi connectivity index (χ2n) is 7.50. The van der Waals surface area contributed by atoms with E-state index in [9.17, 15) is 4.79 Å². The largest absolute Gasteiger partial charge is 0.357 e. The fraction of sp³-hybridized carbons (Fsp3) is 0.600. The SMILES string of the molecule is CCCC(=O)Nc1ccc(CN=C(NCC)N2CCC(C)(C)C2)cc1.I. The number of hydrogen-bond donors (Lipinski definition) is 2. The van der Waals surface area contributed by atoms with Gasteiger partial charge in [0.1, 0.15) is 0 Å². The van der Waals surface area contributed by atoms with E-state index in [1.807, 2.05) is 31.2 Å². The molecule has 1 saturated heterocycles. The van der Waals surface area contributed by atoms with Crippen molar-refractivity contribution < 1.29 is 4.79 Å². The number of benzene rings is 1. The maximum atomic E-state index is 11.6. The normalized spacial score (nSPS) is 16.2. The summed E-state index contributed by atoms with van der Waals surface area (Å²) in [5.74, 6) is 1.06. The first-order valence-corrected chi connectivity index (χ1v) is 9.35. The first kappa shape index (κ1) is 22.7. The van der Waals surface area contributed by atoms with Gasteiger partial charge in [0.2, 0.25) is 5.91 Å². The van der Waals surface area contributed by atoms with Crippen LogP contribution in [-0.4, -0.2) is 36.4 Å². The van der Waals surface area contributed by atoms with Gasteiger partial charge in [-0.2, -0.15) is 0 Å². The second-order valence-corrected chi connectivity index (χ2v) is 7.50. The molecule has 2 rings (SSSR count). The van der Waals surface area contributed by atoms with Crippen molar-refractivity contribution in [2.75, 3.05) is 25.0 Å². The number of rotatable bonds is 6. The third-order valence-corrected chi connectivity index (χ3v) is 4.44. The smallest absolute Gasteiger partial charge is 0.224 e. The highest BCUT2D eigenvalue weighted by Gasteiger charge is 2.30. The number of likely N-dealkylation sites (tertiary alicyclic amines) is 1. The van der Waals surface area contributed by atoms with E-state index in [4.69, 9.17) is 4.99 Å². The molecule has 1 fully saturated rings. The van der Waals surface area contributed by atoms with Gasteiger partial charge in [0.15, 0.2) is 5.96 Å². The minimum Gasteiger partial charge on any atom is -0.357 e. The van der Waals surface area contributed by atoms with Crippen molar-refractivity contribution in [2.45, 2.75) is 53.5 Å². The summed E-state index contributed by atoms with van der Waals surface area (Å²) in [7, 11) is 0. The monoisotopic (exact) mass is 472 g/mol. The molecule has 5 nitrogen and oxygen atoms in total. The number of anilines is 1. The predicted octanol–water partition coefficient (Wildman–Crippen LogP) is 4.24. The quantitative estimate of drug-likeness (QED) is 0.370. The van der Waals surface area contributed by atoms with E-state index in [2.05, 4.69) is 36.3 Å². The highest BCUT2D eigenvalue weighted by molar-refractivity contribution is 14.0. The van der Waals surface area contributed by atoms with Gasteiger partial charge in [-0.15, -0.1) is 24.0 Å². The number of guanidine groups is 1. The molecule has 1 amide bonds. The molecule has 0 radical (unpaired) electrons. The first-order valence-electron chi connectivity index (χ1n) is 9.35. The van der Waals surface area contributed by atoms with Crippen molar-refractivity contribution in [3.8, 4) is 0 Å². The number of halogens is 1. The molecule has 26 heavy (non-hydrogen) atoms. The van der Waals surface area contributed by atoms with Gasteiger partial charge in [0.25, 0.3) is 0 Å². The molecule has 0 unspecified atom stereocenters. The summed E-state index contributed by atoms with van der Waals surface area (Å²) in [5, 5.41) is 6.32. The van der Waals surface area contributed by atoms with E-state index in [1.54, 1.807) is 0 Å². The van der Waals surface area contributed by atoms with Gasteiger partial charge in [-0.25, -0.2) is 4.99 Å². The van der Waals surface area contributed by atoms with Crippen LogP contribution in [0.25, 0.3) is 0 Å². The zero-order chi connectivity index (χ0) is 18.3. The molecule has 0 aromatic heterocycles. The molecule has 2 N–H and O–H groups in total. The molecular formula is C20H33IN4O. The summed E-state index contributed by atoms with van der Waals surface area (Å²) < 4.78 is 0. The molecule has 1 heterocycles.